The van der Waals surface area contributed by atoms with E-state index in [4.69, 9.17) is 5.11 Å². The molecule has 0 fully saturated rings. The topological polar surface area (TPSA) is 41.2 Å². The van der Waals surface area contributed by atoms with Crippen LogP contribution in [-0.4, -0.2) is 11.1 Å². The van der Waals surface area contributed by atoms with Crippen LogP contribution in [0, 0.1) is 0 Å². The molecule has 0 amide bonds. The fourth-order valence-electron chi connectivity index (χ4n) is 1.75. The Bertz CT molecular complexity index is 509. The van der Waals surface area contributed by atoms with E-state index in [-0.39, 0.29) is 6.42 Å². The molecule has 1 N–H and O–H groups in total. The van der Waals surface area contributed by atoms with E-state index in [9.17, 15) is 4.79 Å². The number of benzene rings is 1. The molecule has 17 heavy (non-hydrogen) atoms. The Labute approximate surface area is 100.0 Å². The van der Waals surface area contributed by atoms with Crippen molar-refractivity contribution in [3.05, 3.63) is 66.0 Å². The molecule has 1 aromatic carbocycles. The Hall–Kier alpha value is -2.16. The molecule has 0 bridgehead atoms. The first-order chi connectivity index (χ1) is 8.24. The zero-order chi connectivity index (χ0) is 12.1. The van der Waals surface area contributed by atoms with Gasteiger partial charge in [-0.15, -0.1) is 0 Å². The average Bonchev–Trinajstić information content (AvgIpc) is 2.30. The number of carbonyl (C=O) groups is 1. The molecule has 0 aliphatic carbocycles. The van der Waals surface area contributed by atoms with Crippen LogP contribution in [0.2, 0.25) is 0 Å². The van der Waals surface area contributed by atoms with E-state index < -0.39 is 5.97 Å². The van der Waals surface area contributed by atoms with Gasteiger partial charge in [-0.1, -0.05) is 30.3 Å². The van der Waals surface area contributed by atoms with Gasteiger partial charge < -0.3 is 5.11 Å². The Balaban J connectivity index is 2.14. The highest BCUT2D eigenvalue weighted by atomic mass is 16.4. The molecule has 0 unspecified atom stereocenters. The molecule has 86 valence electrons. The van der Waals surface area contributed by atoms with Gasteiger partial charge in [0.1, 0.15) is 0 Å². The van der Waals surface area contributed by atoms with Gasteiger partial charge in [-0.25, -0.2) is 4.57 Å². The second-order valence-corrected chi connectivity index (χ2v) is 3.94. The molecule has 3 heteroatoms. The van der Waals surface area contributed by atoms with Crippen molar-refractivity contribution >= 4 is 5.97 Å². The number of hydrogen-bond donors (Lipinski definition) is 1. The molecule has 0 spiro atoms. The van der Waals surface area contributed by atoms with Crippen LogP contribution >= 0.6 is 0 Å². The first kappa shape index (κ1) is 11.3. The second-order valence-electron chi connectivity index (χ2n) is 3.94. The van der Waals surface area contributed by atoms with Gasteiger partial charge >= 0.3 is 5.97 Å². The van der Waals surface area contributed by atoms with Crippen molar-refractivity contribution in [2.24, 2.45) is 0 Å². The molecule has 0 saturated carbocycles. The number of aliphatic carboxylic acids is 1. The quantitative estimate of drug-likeness (QED) is 0.808. The number of carboxylic acids is 1. The largest absolute Gasteiger partial charge is 0.481 e. The van der Waals surface area contributed by atoms with Crippen LogP contribution in [0.5, 0.6) is 0 Å². The highest BCUT2D eigenvalue weighted by Crippen LogP contribution is 2.00. The van der Waals surface area contributed by atoms with Crippen molar-refractivity contribution < 1.29 is 14.5 Å². The zero-order valence-electron chi connectivity index (χ0n) is 9.41. The smallest absolute Gasteiger partial charge is 0.308 e. The Morgan fingerprint density at radius 2 is 1.76 bits per heavy atom. The first-order valence-electron chi connectivity index (χ1n) is 5.48. The first-order valence-corrected chi connectivity index (χ1v) is 5.48. The molecule has 0 radical (unpaired) electrons. The summed E-state index contributed by atoms with van der Waals surface area (Å²) in [6.07, 6.45) is 3.88. The van der Waals surface area contributed by atoms with Crippen molar-refractivity contribution in [3.8, 4) is 0 Å². The van der Waals surface area contributed by atoms with E-state index in [0.717, 1.165) is 12.1 Å². The normalized spacial score (nSPS) is 10.1. The molecular weight excluding hydrogens is 214 g/mol. The van der Waals surface area contributed by atoms with Crippen LogP contribution in [0.25, 0.3) is 0 Å². The number of hydrogen-bond acceptors (Lipinski definition) is 1. The summed E-state index contributed by atoms with van der Waals surface area (Å²) in [5, 5.41) is 8.74. The summed E-state index contributed by atoms with van der Waals surface area (Å²) >= 11 is 0. The molecule has 0 atom stereocenters. The molecule has 1 aromatic heterocycles. The summed E-state index contributed by atoms with van der Waals surface area (Å²) in [5.41, 5.74) is 2.01. The summed E-state index contributed by atoms with van der Waals surface area (Å²) in [4.78, 5) is 10.6. The second kappa shape index (κ2) is 5.25. The highest BCUT2D eigenvalue weighted by molar-refractivity contribution is 5.69. The fourth-order valence-corrected chi connectivity index (χ4v) is 1.75. The Morgan fingerprint density at radius 3 is 2.47 bits per heavy atom. The van der Waals surface area contributed by atoms with Crippen LogP contribution in [-0.2, 0) is 17.8 Å². The molecule has 2 aromatic rings. The average molecular weight is 228 g/mol. The lowest BCUT2D eigenvalue weighted by Crippen LogP contribution is -2.34. The minimum Gasteiger partial charge on any atom is -0.481 e. The summed E-state index contributed by atoms with van der Waals surface area (Å²) in [5.74, 6) is -0.803. The van der Waals surface area contributed by atoms with Gasteiger partial charge in [0.15, 0.2) is 18.9 Å². The maximum absolute atomic E-state index is 10.6. The molecule has 0 aliphatic rings. The number of carboxylic acid groups (broad SMARTS) is 1. The van der Waals surface area contributed by atoms with Crippen LogP contribution in [0.1, 0.15) is 11.1 Å². The molecular formula is C14H14NO2+. The molecule has 1 heterocycles. The lowest BCUT2D eigenvalue weighted by molar-refractivity contribution is -0.688. The van der Waals surface area contributed by atoms with Gasteiger partial charge in [0.25, 0.3) is 0 Å². The van der Waals surface area contributed by atoms with Gasteiger partial charge in [0.2, 0.25) is 0 Å². The third kappa shape index (κ3) is 3.41. The molecule has 2 rings (SSSR count). The summed E-state index contributed by atoms with van der Waals surface area (Å²) in [6.45, 7) is 0.758. The Kier molecular flexibility index (Phi) is 3.50. The SMILES string of the molecule is O=C(O)Cc1ccc[n+](Cc2ccccc2)c1. The number of rotatable bonds is 4. The van der Waals surface area contributed by atoms with Crippen molar-refractivity contribution in [1.82, 2.24) is 0 Å². The van der Waals surface area contributed by atoms with Crippen LogP contribution in [0.15, 0.2) is 54.9 Å². The monoisotopic (exact) mass is 228 g/mol. The minimum absolute atomic E-state index is 0.0651. The Morgan fingerprint density at radius 1 is 1.06 bits per heavy atom. The van der Waals surface area contributed by atoms with Crippen LogP contribution in [0.3, 0.4) is 0 Å². The lowest BCUT2D eigenvalue weighted by atomic mass is 10.2. The summed E-state index contributed by atoms with van der Waals surface area (Å²) < 4.78 is 1.99. The third-order valence-electron chi connectivity index (χ3n) is 2.48. The third-order valence-corrected chi connectivity index (χ3v) is 2.48. The number of aromatic nitrogens is 1. The van der Waals surface area contributed by atoms with E-state index in [0.29, 0.717) is 0 Å². The van der Waals surface area contributed by atoms with E-state index in [1.807, 2.05) is 47.3 Å². The van der Waals surface area contributed by atoms with E-state index in [2.05, 4.69) is 12.1 Å². The number of nitrogens with zero attached hydrogens (tertiary/aromatic N) is 1. The zero-order valence-corrected chi connectivity index (χ0v) is 9.41. The predicted octanol–water partition coefficient (Wildman–Crippen LogP) is 1.65. The van der Waals surface area contributed by atoms with Gasteiger partial charge in [0, 0.05) is 17.2 Å². The molecule has 3 nitrogen and oxygen atoms in total. The summed E-state index contributed by atoms with van der Waals surface area (Å²) in [7, 11) is 0. The van der Waals surface area contributed by atoms with E-state index in [1.165, 1.54) is 5.56 Å². The van der Waals surface area contributed by atoms with Gasteiger partial charge in [-0.05, 0) is 6.07 Å². The van der Waals surface area contributed by atoms with Gasteiger partial charge in [-0.2, -0.15) is 0 Å². The van der Waals surface area contributed by atoms with Crippen LogP contribution in [0.4, 0.5) is 0 Å². The maximum atomic E-state index is 10.6. The fraction of sp³-hybridized carbons (Fsp3) is 0.143. The van der Waals surface area contributed by atoms with Gasteiger partial charge in [-0.3, -0.25) is 4.79 Å². The predicted molar refractivity (Wildman–Crippen MR) is 63.5 cm³/mol. The van der Waals surface area contributed by atoms with Crippen molar-refractivity contribution in [1.29, 1.82) is 0 Å². The summed E-state index contributed by atoms with van der Waals surface area (Å²) in [6, 6.07) is 13.8. The van der Waals surface area contributed by atoms with E-state index in [1.54, 1.807) is 0 Å². The van der Waals surface area contributed by atoms with Crippen molar-refractivity contribution in [3.63, 3.8) is 0 Å². The van der Waals surface area contributed by atoms with E-state index >= 15 is 0 Å². The number of pyridine rings is 1. The van der Waals surface area contributed by atoms with Gasteiger partial charge in [0.05, 0.1) is 6.42 Å². The minimum atomic E-state index is -0.803. The molecule has 0 saturated heterocycles. The van der Waals surface area contributed by atoms with Crippen molar-refractivity contribution in [2.75, 3.05) is 0 Å². The standard InChI is InChI=1S/C14H13NO2/c16-14(17)9-13-7-4-8-15(11-13)10-12-5-2-1-3-6-12/h1-8,11H,9-10H2/p+1. The van der Waals surface area contributed by atoms with Crippen LogP contribution < -0.4 is 4.57 Å². The highest BCUT2D eigenvalue weighted by Gasteiger charge is 2.06. The lowest BCUT2D eigenvalue weighted by Gasteiger charge is -1.99. The van der Waals surface area contributed by atoms with Crippen molar-refractivity contribution in [2.45, 2.75) is 13.0 Å². The molecule has 0 aliphatic heterocycles. The maximum Gasteiger partial charge on any atom is 0.308 e.